The molecular weight excluding hydrogens is 460 g/mol. The fourth-order valence-corrected chi connectivity index (χ4v) is 3.43. The number of alkyl halides is 1. The molecule has 4 nitrogen and oxygen atoms in total. The van der Waals surface area contributed by atoms with Crippen LogP contribution >= 0.6 is 22.6 Å². The van der Waals surface area contributed by atoms with Gasteiger partial charge in [0.25, 0.3) is 5.91 Å². The fraction of sp³-hybridized carbons (Fsp3) is 0.389. The van der Waals surface area contributed by atoms with Crippen LogP contribution in [0.15, 0.2) is 29.5 Å². The zero-order valence-electron chi connectivity index (χ0n) is 14.0. The summed E-state index contributed by atoms with van der Waals surface area (Å²) in [5, 5.41) is 2.74. The van der Waals surface area contributed by atoms with E-state index in [0.29, 0.717) is 28.2 Å². The molecule has 1 amide bonds. The first-order valence-electron chi connectivity index (χ1n) is 8.25. The molecule has 1 unspecified atom stereocenters. The van der Waals surface area contributed by atoms with E-state index in [-0.39, 0.29) is 5.56 Å². The van der Waals surface area contributed by atoms with Crippen molar-refractivity contribution in [1.29, 1.82) is 0 Å². The van der Waals surface area contributed by atoms with Crippen molar-refractivity contribution in [2.45, 2.75) is 30.1 Å². The summed E-state index contributed by atoms with van der Waals surface area (Å²) in [6, 6.07) is 0.667. The van der Waals surface area contributed by atoms with Crippen LogP contribution in [-0.2, 0) is 4.84 Å². The highest BCUT2D eigenvalue weighted by Crippen LogP contribution is 2.31. The zero-order chi connectivity index (χ0) is 18.8. The number of hydrogen-bond acceptors (Lipinski definition) is 3. The number of allylic oxidation sites excluding steroid dienone is 3. The summed E-state index contributed by atoms with van der Waals surface area (Å²) >= 11 is 2.26. The number of nitrogens with one attached hydrogen (secondary N) is 2. The second-order valence-electron chi connectivity index (χ2n) is 6.49. The number of carbonyl (C=O) groups is 1. The highest BCUT2D eigenvalue weighted by atomic mass is 127. The lowest BCUT2D eigenvalue weighted by Crippen LogP contribution is -2.26. The highest BCUT2D eigenvalue weighted by Gasteiger charge is 2.26. The van der Waals surface area contributed by atoms with Crippen LogP contribution in [0.3, 0.4) is 0 Å². The molecule has 0 saturated heterocycles. The molecule has 2 aliphatic carbocycles. The van der Waals surface area contributed by atoms with Crippen LogP contribution in [0, 0.1) is 23.4 Å². The Kier molecular flexibility index (Phi) is 5.91. The second-order valence-corrected chi connectivity index (χ2v) is 8.09. The summed E-state index contributed by atoms with van der Waals surface area (Å²) in [6.07, 6.45) is 6.44. The van der Waals surface area contributed by atoms with Gasteiger partial charge in [0.2, 0.25) is 0 Å². The molecule has 26 heavy (non-hydrogen) atoms. The molecule has 2 N–H and O–H groups in total. The Bertz CT molecular complexity index is 791. The second kappa shape index (κ2) is 7.99. The van der Waals surface area contributed by atoms with Gasteiger partial charge in [0.05, 0.1) is 17.9 Å². The summed E-state index contributed by atoms with van der Waals surface area (Å²) in [6.45, 7) is 2.19. The number of hydroxylamine groups is 1. The smallest absolute Gasteiger partial charge is 0.277 e. The van der Waals surface area contributed by atoms with E-state index >= 15 is 0 Å². The SMILES string of the molecule is CC1=C(Nc2c(C(=O)NOCC3CC3)cc(F)c(F)c2F)C=CC(I)C1. The molecule has 0 aliphatic heterocycles. The maximum Gasteiger partial charge on any atom is 0.277 e. The van der Waals surface area contributed by atoms with Crippen molar-refractivity contribution in [1.82, 2.24) is 5.48 Å². The van der Waals surface area contributed by atoms with Gasteiger partial charge >= 0.3 is 0 Å². The molecule has 1 aromatic rings. The Morgan fingerprint density at radius 1 is 1.31 bits per heavy atom. The molecule has 2 aliphatic rings. The van der Waals surface area contributed by atoms with E-state index in [9.17, 15) is 18.0 Å². The quantitative estimate of drug-likeness (QED) is 0.272. The predicted octanol–water partition coefficient (Wildman–Crippen LogP) is 4.62. The van der Waals surface area contributed by atoms with Gasteiger partial charge < -0.3 is 5.32 Å². The van der Waals surface area contributed by atoms with Gasteiger partial charge in [-0.05, 0) is 49.8 Å². The fourth-order valence-electron chi connectivity index (χ4n) is 2.56. The van der Waals surface area contributed by atoms with Crippen LogP contribution in [0.4, 0.5) is 18.9 Å². The minimum atomic E-state index is -1.63. The van der Waals surface area contributed by atoms with Crippen molar-refractivity contribution in [2.75, 3.05) is 11.9 Å². The number of amides is 1. The van der Waals surface area contributed by atoms with Gasteiger partial charge in [0.15, 0.2) is 17.5 Å². The number of hydrogen-bond donors (Lipinski definition) is 2. The Balaban J connectivity index is 1.87. The van der Waals surface area contributed by atoms with E-state index in [1.807, 2.05) is 13.0 Å². The van der Waals surface area contributed by atoms with Crippen LogP contribution in [0.5, 0.6) is 0 Å². The zero-order valence-corrected chi connectivity index (χ0v) is 16.2. The predicted molar refractivity (Wildman–Crippen MR) is 100 cm³/mol. The number of anilines is 1. The van der Waals surface area contributed by atoms with Crippen molar-refractivity contribution in [3.05, 3.63) is 52.5 Å². The normalized spacial score (nSPS) is 19.7. The number of rotatable bonds is 6. The third-order valence-electron chi connectivity index (χ3n) is 4.28. The molecule has 8 heteroatoms. The van der Waals surface area contributed by atoms with Gasteiger partial charge in [-0.1, -0.05) is 28.7 Å². The lowest BCUT2D eigenvalue weighted by Gasteiger charge is -2.20. The summed E-state index contributed by atoms with van der Waals surface area (Å²) in [7, 11) is 0. The van der Waals surface area contributed by atoms with Crippen LogP contribution < -0.4 is 10.8 Å². The lowest BCUT2D eigenvalue weighted by molar-refractivity contribution is 0.0270. The summed E-state index contributed by atoms with van der Waals surface area (Å²) in [4.78, 5) is 17.4. The van der Waals surface area contributed by atoms with E-state index in [4.69, 9.17) is 4.84 Å². The van der Waals surface area contributed by atoms with Gasteiger partial charge in [-0.2, -0.15) is 0 Å². The highest BCUT2D eigenvalue weighted by molar-refractivity contribution is 14.1. The molecule has 1 saturated carbocycles. The molecule has 0 bridgehead atoms. The molecule has 0 radical (unpaired) electrons. The van der Waals surface area contributed by atoms with Crippen molar-refractivity contribution in [2.24, 2.45) is 5.92 Å². The Hall–Kier alpha value is -1.55. The van der Waals surface area contributed by atoms with Gasteiger partial charge in [-0.15, -0.1) is 0 Å². The Morgan fingerprint density at radius 3 is 2.69 bits per heavy atom. The largest absolute Gasteiger partial charge is 0.352 e. The van der Waals surface area contributed by atoms with Crippen molar-refractivity contribution in [3.8, 4) is 0 Å². The first-order chi connectivity index (χ1) is 12.4. The van der Waals surface area contributed by atoms with E-state index < -0.39 is 29.0 Å². The summed E-state index contributed by atoms with van der Waals surface area (Å²) in [5.74, 6) is -4.94. The van der Waals surface area contributed by atoms with Crippen LogP contribution in [0.2, 0.25) is 0 Å². The van der Waals surface area contributed by atoms with E-state index in [1.165, 1.54) is 0 Å². The third kappa shape index (κ3) is 4.40. The minimum absolute atomic E-state index is 0.298. The number of benzene rings is 1. The maximum absolute atomic E-state index is 14.4. The van der Waals surface area contributed by atoms with Crippen molar-refractivity contribution in [3.63, 3.8) is 0 Å². The number of halogens is 4. The van der Waals surface area contributed by atoms with Crippen LogP contribution in [-0.4, -0.2) is 16.4 Å². The van der Waals surface area contributed by atoms with E-state index in [2.05, 4.69) is 33.4 Å². The van der Waals surface area contributed by atoms with Gasteiger partial charge in [0.1, 0.15) is 0 Å². The molecule has 1 atom stereocenters. The average Bonchev–Trinajstić information content (AvgIpc) is 3.41. The first-order valence-corrected chi connectivity index (χ1v) is 9.50. The topological polar surface area (TPSA) is 50.4 Å². The van der Waals surface area contributed by atoms with Gasteiger partial charge in [-0.25, -0.2) is 18.7 Å². The van der Waals surface area contributed by atoms with Crippen LogP contribution in [0.1, 0.15) is 36.5 Å². The molecular formula is C18H18F3IN2O2. The summed E-state index contributed by atoms with van der Waals surface area (Å²) < 4.78 is 42.0. The first kappa shape index (κ1) is 19.2. The number of carbonyl (C=O) groups excluding carboxylic acids is 1. The van der Waals surface area contributed by atoms with E-state index in [0.717, 1.165) is 24.8 Å². The Morgan fingerprint density at radius 2 is 2.04 bits per heavy atom. The third-order valence-corrected chi connectivity index (χ3v) is 5.14. The minimum Gasteiger partial charge on any atom is -0.352 e. The molecule has 3 rings (SSSR count). The molecule has 140 valence electrons. The molecule has 0 spiro atoms. The maximum atomic E-state index is 14.4. The summed E-state index contributed by atoms with van der Waals surface area (Å²) in [5.41, 5.74) is 2.87. The molecule has 1 fully saturated rings. The molecule has 0 heterocycles. The monoisotopic (exact) mass is 478 g/mol. The standard InChI is InChI=1S/C18H18F3IN2O2/c1-9-6-11(22)4-5-14(9)23-17-12(7-13(19)15(20)16(17)21)18(25)24-26-8-10-2-3-10/h4-5,7,10-11,23H,2-3,6,8H2,1H3,(H,24,25). The van der Waals surface area contributed by atoms with Crippen molar-refractivity contribution < 1.29 is 22.8 Å². The van der Waals surface area contributed by atoms with Crippen molar-refractivity contribution >= 4 is 34.2 Å². The molecule has 0 aromatic heterocycles. The Labute approximate surface area is 163 Å². The van der Waals surface area contributed by atoms with Crippen LogP contribution in [0.25, 0.3) is 0 Å². The van der Waals surface area contributed by atoms with E-state index in [1.54, 1.807) is 6.08 Å². The lowest BCUT2D eigenvalue weighted by atomic mass is 10.0. The average molecular weight is 478 g/mol. The van der Waals surface area contributed by atoms with Gasteiger partial charge in [-0.3, -0.25) is 9.63 Å². The van der Waals surface area contributed by atoms with Gasteiger partial charge in [0, 0.05) is 9.62 Å². The molecule has 1 aromatic carbocycles.